The van der Waals surface area contributed by atoms with Crippen molar-refractivity contribution in [1.29, 1.82) is 0 Å². The van der Waals surface area contributed by atoms with Crippen molar-refractivity contribution in [2.75, 3.05) is 14.2 Å². The lowest BCUT2D eigenvalue weighted by Crippen LogP contribution is -2.25. The van der Waals surface area contributed by atoms with E-state index in [1.165, 1.54) is 12.0 Å². The molecule has 0 fully saturated rings. The van der Waals surface area contributed by atoms with Crippen molar-refractivity contribution in [2.24, 2.45) is 0 Å². The summed E-state index contributed by atoms with van der Waals surface area (Å²) in [6.45, 7) is 0.578. The zero-order valence-corrected chi connectivity index (χ0v) is 9.81. The molecule has 0 aliphatic rings. The molecule has 0 saturated heterocycles. The Kier molecular flexibility index (Phi) is 3.74. The minimum absolute atomic E-state index is 0.317. The number of amides is 1. The monoisotopic (exact) mass is 263 g/mol. The van der Waals surface area contributed by atoms with Crippen molar-refractivity contribution >= 4 is 33.4 Å². The Hall–Kier alpha value is -0.550. The number of nitrogens with zero attached hydrogens (tertiary/aromatic N) is 1. The van der Waals surface area contributed by atoms with Gasteiger partial charge in [0.1, 0.15) is 0 Å². The zero-order valence-electron chi connectivity index (χ0n) is 7.41. The van der Waals surface area contributed by atoms with Crippen LogP contribution in [0.1, 0.15) is 5.56 Å². The van der Waals surface area contributed by atoms with Gasteiger partial charge in [-0.1, -0.05) is 0 Å². The van der Waals surface area contributed by atoms with E-state index in [0.717, 1.165) is 9.35 Å². The predicted molar refractivity (Wildman–Crippen MR) is 55.9 cm³/mol. The van der Waals surface area contributed by atoms with Crippen molar-refractivity contribution in [1.82, 2.24) is 4.90 Å². The van der Waals surface area contributed by atoms with Gasteiger partial charge in [-0.2, -0.15) is 0 Å². The van der Waals surface area contributed by atoms with Crippen LogP contribution in [0.25, 0.3) is 0 Å². The Bertz CT molecular complexity index is 300. The smallest absolute Gasteiger partial charge is 0.409 e. The van der Waals surface area contributed by atoms with Crippen LogP contribution in [0.2, 0.25) is 0 Å². The molecule has 5 heteroatoms. The third kappa shape index (κ3) is 3.00. The molecule has 1 amide bonds. The maximum atomic E-state index is 11.0. The number of carbonyl (C=O) groups is 1. The number of halogens is 1. The quantitative estimate of drug-likeness (QED) is 0.821. The van der Waals surface area contributed by atoms with Gasteiger partial charge in [-0.05, 0) is 32.9 Å². The average Bonchev–Trinajstić information content (AvgIpc) is 2.49. The van der Waals surface area contributed by atoms with Crippen molar-refractivity contribution in [2.45, 2.75) is 6.54 Å². The van der Waals surface area contributed by atoms with Gasteiger partial charge in [0, 0.05) is 13.6 Å². The molecule has 1 rings (SSSR count). The minimum Gasteiger partial charge on any atom is -0.453 e. The molecule has 0 aliphatic carbocycles. The van der Waals surface area contributed by atoms with Crippen LogP contribution in [-0.4, -0.2) is 25.2 Å². The number of rotatable bonds is 2. The van der Waals surface area contributed by atoms with E-state index >= 15 is 0 Å². The molecule has 13 heavy (non-hydrogen) atoms. The lowest BCUT2D eigenvalue weighted by atomic mass is 10.3. The van der Waals surface area contributed by atoms with Gasteiger partial charge in [-0.3, -0.25) is 0 Å². The maximum absolute atomic E-state index is 11.0. The summed E-state index contributed by atoms with van der Waals surface area (Å²) < 4.78 is 5.64. The normalized spacial score (nSPS) is 9.77. The highest BCUT2D eigenvalue weighted by molar-refractivity contribution is 9.11. The van der Waals surface area contributed by atoms with Gasteiger partial charge < -0.3 is 9.64 Å². The molecule has 0 N–H and O–H groups in total. The second-order valence-corrected chi connectivity index (χ2v) is 4.88. The van der Waals surface area contributed by atoms with Crippen LogP contribution in [0, 0.1) is 0 Å². The van der Waals surface area contributed by atoms with Crippen molar-refractivity contribution in [3.05, 3.63) is 20.8 Å². The second kappa shape index (κ2) is 4.62. The van der Waals surface area contributed by atoms with Crippen molar-refractivity contribution < 1.29 is 9.53 Å². The SMILES string of the molecule is COC(=O)N(C)Cc1csc(Br)c1. The van der Waals surface area contributed by atoms with Gasteiger partial charge in [0.05, 0.1) is 10.9 Å². The largest absolute Gasteiger partial charge is 0.453 e. The van der Waals surface area contributed by atoms with Gasteiger partial charge in [0.2, 0.25) is 0 Å². The topological polar surface area (TPSA) is 29.5 Å². The van der Waals surface area contributed by atoms with Crippen LogP contribution in [0.15, 0.2) is 15.2 Å². The molecule has 3 nitrogen and oxygen atoms in total. The highest BCUT2D eigenvalue weighted by atomic mass is 79.9. The van der Waals surface area contributed by atoms with Crippen molar-refractivity contribution in [3.63, 3.8) is 0 Å². The number of hydrogen-bond acceptors (Lipinski definition) is 3. The highest BCUT2D eigenvalue weighted by Crippen LogP contribution is 2.21. The fraction of sp³-hybridized carbons (Fsp3) is 0.375. The molecule has 0 aromatic carbocycles. The lowest BCUT2D eigenvalue weighted by molar-refractivity contribution is 0.131. The van der Waals surface area contributed by atoms with E-state index < -0.39 is 0 Å². The van der Waals surface area contributed by atoms with E-state index in [4.69, 9.17) is 0 Å². The standard InChI is InChI=1S/C8H10BrNO2S/c1-10(8(11)12-2)4-6-3-7(9)13-5-6/h3,5H,4H2,1-2H3. The minimum atomic E-state index is -0.317. The Labute approximate surface area is 89.4 Å². The van der Waals surface area contributed by atoms with Gasteiger partial charge >= 0.3 is 6.09 Å². The number of methoxy groups -OCH3 is 1. The van der Waals surface area contributed by atoms with E-state index in [1.807, 2.05) is 11.4 Å². The summed E-state index contributed by atoms with van der Waals surface area (Å²) in [4.78, 5) is 12.5. The fourth-order valence-corrected chi connectivity index (χ4v) is 2.12. The molecule has 1 heterocycles. The predicted octanol–water partition coefficient (Wildman–Crippen LogP) is 2.71. The van der Waals surface area contributed by atoms with Crippen LogP contribution < -0.4 is 0 Å². The molecular formula is C8H10BrNO2S. The van der Waals surface area contributed by atoms with Crippen LogP contribution in [0.4, 0.5) is 4.79 Å². The molecule has 0 spiro atoms. The molecule has 0 unspecified atom stereocenters. The fourth-order valence-electron chi connectivity index (χ4n) is 0.923. The van der Waals surface area contributed by atoms with Crippen LogP contribution in [0.3, 0.4) is 0 Å². The zero-order chi connectivity index (χ0) is 9.84. The maximum Gasteiger partial charge on any atom is 0.409 e. The third-order valence-corrected chi connectivity index (χ3v) is 3.08. The Morgan fingerprint density at radius 1 is 1.77 bits per heavy atom. The molecule has 0 saturated carbocycles. The first-order chi connectivity index (χ1) is 6.13. The van der Waals surface area contributed by atoms with Crippen LogP contribution in [0.5, 0.6) is 0 Å². The number of hydrogen-bond donors (Lipinski definition) is 0. The molecular weight excluding hydrogens is 254 g/mol. The molecule has 0 aliphatic heterocycles. The summed E-state index contributed by atoms with van der Waals surface area (Å²) in [6.07, 6.45) is -0.317. The molecule has 1 aromatic rings. The van der Waals surface area contributed by atoms with Gasteiger partial charge in [-0.15, -0.1) is 11.3 Å². The van der Waals surface area contributed by atoms with Gasteiger partial charge in [-0.25, -0.2) is 4.79 Å². The lowest BCUT2D eigenvalue weighted by Gasteiger charge is -2.13. The van der Waals surface area contributed by atoms with Gasteiger partial charge in [0.15, 0.2) is 0 Å². The first-order valence-electron chi connectivity index (χ1n) is 3.65. The van der Waals surface area contributed by atoms with Gasteiger partial charge in [0.25, 0.3) is 0 Å². The van der Waals surface area contributed by atoms with E-state index in [2.05, 4.69) is 20.7 Å². The van der Waals surface area contributed by atoms with E-state index in [-0.39, 0.29) is 6.09 Å². The molecule has 0 atom stereocenters. The van der Waals surface area contributed by atoms with E-state index in [0.29, 0.717) is 6.54 Å². The Morgan fingerprint density at radius 3 is 2.92 bits per heavy atom. The summed E-state index contributed by atoms with van der Waals surface area (Å²) in [7, 11) is 3.08. The summed E-state index contributed by atoms with van der Waals surface area (Å²) >= 11 is 4.96. The first-order valence-corrected chi connectivity index (χ1v) is 5.32. The average molecular weight is 264 g/mol. The molecule has 72 valence electrons. The molecule has 0 bridgehead atoms. The third-order valence-electron chi connectivity index (χ3n) is 1.53. The Balaban J connectivity index is 2.54. The number of ether oxygens (including phenoxy) is 1. The second-order valence-electron chi connectivity index (χ2n) is 2.59. The van der Waals surface area contributed by atoms with Crippen LogP contribution in [-0.2, 0) is 11.3 Å². The van der Waals surface area contributed by atoms with E-state index in [9.17, 15) is 4.79 Å². The summed E-state index contributed by atoms with van der Waals surface area (Å²) in [6, 6.07) is 1.99. The van der Waals surface area contributed by atoms with Crippen molar-refractivity contribution in [3.8, 4) is 0 Å². The molecule has 1 aromatic heterocycles. The summed E-state index contributed by atoms with van der Waals surface area (Å²) in [5.74, 6) is 0. The number of thiophene rings is 1. The highest BCUT2D eigenvalue weighted by Gasteiger charge is 2.08. The van der Waals surface area contributed by atoms with E-state index in [1.54, 1.807) is 18.4 Å². The Morgan fingerprint density at radius 2 is 2.46 bits per heavy atom. The summed E-state index contributed by atoms with van der Waals surface area (Å²) in [5.41, 5.74) is 1.10. The first kappa shape index (κ1) is 10.5. The summed E-state index contributed by atoms with van der Waals surface area (Å²) in [5, 5.41) is 2.00. The number of carbonyl (C=O) groups excluding carboxylic acids is 1. The van der Waals surface area contributed by atoms with Crippen LogP contribution >= 0.6 is 27.3 Å². The molecule has 0 radical (unpaired) electrons.